The van der Waals surface area contributed by atoms with Crippen molar-refractivity contribution >= 4 is 23.2 Å². The lowest BCUT2D eigenvalue weighted by molar-refractivity contribution is -0.124. The molecule has 1 atom stereocenters. The van der Waals surface area contributed by atoms with E-state index in [1.165, 1.54) is 4.90 Å². The van der Waals surface area contributed by atoms with Crippen LogP contribution in [0.2, 0.25) is 0 Å². The second-order valence-electron chi connectivity index (χ2n) is 6.11. The first kappa shape index (κ1) is 17.9. The predicted octanol–water partition coefficient (Wildman–Crippen LogP) is 3.09. The molecule has 0 saturated carbocycles. The Morgan fingerprint density at radius 3 is 2.73 bits per heavy atom. The summed E-state index contributed by atoms with van der Waals surface area (Å²) >= 11 is 0. The van der Waals surface area contributed by atoms with Crippen LogP contribution >= 0.6 is 0 Å². The highest BCUT2D eigenvalue weighted by molar-refractivity contribution is 6.07. The standard InChI is InChI=1S/C20H22N2O4/c1-22(16-9-3-4-10-17(16)25-2)20(24)14-7-5-8-15(13-14)21-19(23)18-11-6-12-26-18/h3-5,7-10,13,18H,6,11-12H2,1-2H3,(H,21,23)/t18-/m0/s1. The van der Waals surface area contributed by atoms with Gasteiger partial charge in [-0.3, -0.25) is 9.59 Å². The average molecular weight is 354 g/mol. The normalized spacial score (nSPS) is 16.2. The molecular formula is C20H22N2O4. The molecule has 0 unspecified atom stereocenters. The van der Waals surface area contributed by atoms with Gasteiger partial charge in [0.25, 0.3) is 11.8 Å². The minimum absolute atomic E-state index is 0.176. The van der Waals surface area contributed by atoms with Gasteiger partial charge in [-0.1, -0.05) is 18.2 Å². The largest absolute Gasteiger partial charge is 0.495 e. The molecule has 1 saturated heterocycles. The van der Waals surface area contributed by atoms with Gasteiger partial charge < -0.3 is 19.7 Å². The predicted molar refractivity (Wildman–Crippen MR) is 99.8 cm³/mol. The minimum atomic E-state index is -0.411. The van der Waals surface area contributed by atoms with Crippen LogP contribution in [0, 0.1) is 0 Å². The molecule has 0 aromatic heterocycles. The SMILES string of the molecule is COc1ccccc1N(C)C(=O)c1cccc(NC(=O)[C@@H]2CCCO2)c1. The first-order valence-electron chi connectivity index (χ1n) is 8.54. The van der Waals surface area contributed by atoms with Crippen LogP contribution in [0.1, 0.15) is 23.2 Å². The monoisotopic (exact) mass is 354 g/mol. The summed E-state index contributed by atoms with van der Waals surface area (Å²) in [6, 6.07) is 14.2. The molecular weight excluding hydrogens is 332 g/mol. The number of nitrogens with zero attached hydrogens (tertiary/aromatic N) is 1. The zero-order chi connectivity index (χ0) is 18.5. The van der Waals surface area contributed by atoms with Crippen molar-refractivity contribution in [3.8, 4) is 5.75 Å². The lowest BCUT2D eigenvalue weighted by Gasteiger charge is -2.20. The second kappa shape index (κ2) is 8.01. The van der Waals surface area contributed by atoms with Crippen LogP contribution in [0.15, 0.2) is 48.5 Å². The Hall–Kier alpha value is -2.86. The van der Waals surface area contributed by atoms with Crippen molar-refractivity contribution in [2.45, 2.75) is 18.9 Å². The van der Waals surface area contributed by atoms with Crippen LogP contribution in [-0.4, -0.2) is 38.7 Å². The molecule has 1 aliphatic rings. The number of hydrogen-bond acceptors (Lipinski definition) is 4. The van der Waals surface area contributed by atoms with Crippen molar-refractivity contribution in [1.29, 1.82) is 0 Å². The van der Waals surface area contributed by atoms with Crippen LogP contribution in [0.25, 0.3) is 0 Å². The zero-order valence-corrected chi connectivity index (χ0v) is 14.9. The van der Waals surface area contributed by atoms with Crippen molar-refractivity contribution in [2.75, 3.05) is 31.0 Å². The van der Waals surface area contributed by atoms with Crippen molar-refractivity contribution in [3.05, 3.63) is 54.1 Å². The maximum atomic E-state index is 12.8. The number of carbonyl (C=O) groups is 2. The average Bonchev–Trinajstić information content (AvgIpc) is 3.22. The van der Waals surface area contributed by atoms with E-state index in [0.717, 1.165) is 12.8 Å². The Balaban J connectivity index is 1.76. The van der Waals surface area contributed by atoms with Crippen LogP contribution in [-0.2, 0) is 9.53 Å². The number of anilines is 2. The third-order valence-electron chi connectivity index (χ3n) is 4.35. The number of benzene rings is 2. The van der Waals surface area contributed by atoms with Crippen molar-refractivity contribution in [2.24, 2.45) is 0 Å². The lowest BCUT2D eigenvalue weighted by atomic mass is 10.1. The number of ether oxygens (including phenoxy) is 2. The zero-order valence-electron chi connectivity index (χ0n) is 14.9. The van der Waals surface area contributed by atoms with Gasteiger partial charge in [-0.2, -0.15) is 0 Å². The highest BCUT2D eigenvalue weighted by Gasteiger charge is 2.24. The summed E-state index contributed by atoms with van der Waals surface area (Å²) in [4.78, 5) is 26.6. The Morgan fingerprint density at radius 2 is 2.00 bits per heavy atom. The molecule has 1 fully saturated rings. The Kier molecular flexibility index (Phi) is 5.53. The second-order valence-corrected chi connectivity index (χ2v) is 6.11. The first-order chi connectivity index (χ1) is 12.6. The van der Waals surface area contributed by atoms with Crippen LogP contribution in [0.5, 0.6) is 5.75 Å². The highest BCUT2D eigenvalue weighted by Crippen LogP contribution is 2.28. The Morgan fingerprint density at radius 1 is 1.19 bits per heavy atom. The van der Waals surface area contributed by atoms with E-state index >= 15 is 0 Å². The highest BCUT2D eigenvalue weighted by atomic mass is 16.5. The molecule has 0 aliphatic carbocycles. The van der Waals surface area contributed by atoms with Crippen molar-refractivity contribution in [3.63, 3.8) is 0 Å². The molecule has 6 heteroatoms. The molecule has 3 rings (SSSR count). The summed E-state index contributed by atoms with van der Waals surface area (Å²) in [7, 11) is 3.26. The topological polar surface area (TPSA) is 67.9 Å². The van der Waals surface area contributed by atoms with Crippen LogP contribution < -0.4 is 15.0 Å². The third-order valence-corrected chi connectivity index (χ3v) is 4.35. The number of nitrogens with one attached hydrogen (secondary N) is 1. The maximum Gasteiger partial charge on any atom is 0.258 e. The van der Waals surface area contributed by atoms with E-state index in [9.17, 15) is 9.59 Å². The van der Waals surface area contributed by atoms with Gasteiger partial charge in [0.1, 0.15) is 11.9 Å². The van der Waals surface area contributed by atoms with E-state index in [-0.39, 0.29) is 11.8 Å². The number of methoxy groups -OCH3 is 1. The Labute approximate surface area is 152 Å². The molecule has 1 aliphatic heterocycles. The van der Waals surface area contributed by atoms with Gasteiger partial charge in [-0.15, -0.1) is 0 Å². The van der Waals surface area contributed by atoms with Crippen molar-refractivity contribution in [1.82, 2.24) is 0 Å². The van der Waals surface area contributed by atoms with Crippen molar-refractivity contribution < 1.29 is 19.1 Å². The summed E-state index contributed by atoms with van der Waals surface area (Å²) in [5.41, 5.74) is 1.72. The molecule has 0 radical (unpaired) electrons. The van der Waals surface area contributed by atoms with E-state index in [0.29, 0.717) is 29.3 Å². The number of hydrogen-bond donors (Lipinski definition) is 1. The molecule has 1 heterocycles. The fraction of sp³-hybridized carbons (Fsp3) is 0.300. The summed E-state index contributed by atoms with van der Waals surface area (Å²) in [6.07, 6.45) is 1.20. The fourth-order valence-electron chi connectivity index (χ4n) is 2.95. The van der Waals surface area contributed by atoms with Crippen LogP contribution in [0.3, 0.4) is 0 Å². The molecule has 1 N–H and O–H groups in total. The lowest BCUT2D eigenvalue weighted by Crippen LogP contribution is -2.28. The Bertz CT molecular complexity index is 800. The number of carbonyl (C=O) groups excluding carboxylic acids is 2. The summed E-state index contributed by atoms with van der Waals surface area (Å²) < 4.78 is 10.7. The number of rotatable bonds is 5. The van der Waals surface area contributed by atoms with Gasteiger partial charge >= 0.3 is 0 Å². The molecule has 2 aromatic carbocycles. The smallest absolute Gasteiger partial charge is 0.258 e. The maximum absolute atomic E-state index is 12.8. The van der Waals surface area contributed by atoms with Gasteiger partial charge in [0.2, 0.25) is 0 Å². The molecule has 6 nitrogen and oxygen atoms in total. The fourth-order valence-corrected chi connectivity index (χ4v) is 2.95. The minimum Gasteiger partial charge on any atom is -0.495 e. The van der Waals surface area contributed by atoms with Crippen LogP contribution in [0.4, 0.5) is 11.4 Å². The molecule has 2 amide bonds. The van der Waals surface area contributed by atoms with E-state index in [2.05, 4.69) is 5.32 Å². The van der Waals surface area contributed by atoms with Gasteiger partial charge in [-0.05, 0) is 43.2 Å². The van der Waals surface area contributed by atoms with E-state index < -0.39 is 6.10 Å². The molecule has 0 spiro atoms. The van der Waals surface area contributed by atoms with E-state index in [1.54, 1.807) is 44.5 Å². The van der Waals surface area contributed by atoms with Gasteiger partial charge in [0, 0.05) is 24.9 Å². The van der Waals surface area contributed by atoms with Gasteiger partial charge in [0.05, 0.1) is 12.8 Å². The molecule has 26 heavy (non-hydrogen) atoms. The van der Waals surface area contributed by atoms with E-state index in [1.807, 2.05) is 18.2 Å². The summed E-state index contributed by atoms with van der Waals surface area (Å²) in [6.45, 7) is 0.611. The van der Waals surface area contributed by atoms with Gasteiger partial charge in [-0.25, -0.2) is 0 Å². The molecule has 0 bridgehead atoms. The molecule has 136 valence electrons. The first-order valence-corrected chi connectivity index (χ1v) is 8.54. The molecule has 2 aromatic rings. The number of amides is 2. The third kappa shape index (κ3) is 3.86. The number of para-hydroxylation sites is 2. The van der Waals surface area contributed by atoms with E-state index in [4.69, 9.17) is 9.47 Å². The van der Waals surface area contributed by atoms with Gasteiger partial charge in [0.15, 0.2) is 0 Å². The summed E-state index contributed by atoms with van der Waals surface area (Å²) in [5, 5.41) is 2.82. The quantitative estimate of drug-likeness (QED) is 0.896. The summed E-state index contributed by atoms with van der Waals surface area (Å²) in [5.74, 6) is 0.249.